The average molecular weight is 270 g/mol. The van der Waals surface area contributed by atoms with Crippen molar-refractivity contribution in [2.24, 2.45) is 5.92 Å². The lowest BCUT2D eigenvalue weighted by atomic mass is 9.92. The molecule has 1 saturated heterocycles. The first-order valence-electron chi connectivity index (χ1n) is 8.00. The van der Waals surface area contributed by atoms with E-state index in [2.05, 4.69) is 37.9 Å². The van der Waals surface area contributed by atoms with Crippen molar-refractivity contribution in [1.29, 1.82) is 0 Å². The number of nitrogens with one attached hydrogen (secondary N) is 1. The summed E-state index contributed by atoms with van der Waals surface area (Å²) in [5.74, 6) is 0.730. The van der Waals surface area contributed by atoms with Crippen molar-refractivity contribution in [1.82, 2.24) is 10.2 Å². The number of likely N-dealkylation sites (tertiary alicyclic amines) is 1. The van der Waals surface area contributed by atoms with Crippen LogP contribution in [0.3, 0.4) is 0 Å². The summed E-state index contributed by atoms with van der Waals surface area (Å²) >= 11 is 0. The molecule has 2 atom stereocenters. The van der Waals surface area contributed by atoms with Crippen LogP contribution < -0.4 is 5.32 Å². The normalized spacial score (nSPS) is 26.8. The highest BCUT2D eigenvalue weighted by Gasteiger charge is 2.33. The molecule has 3 heteroatoms. The van der Waals surface area contributed by atoms with Gasteiger partial charge in [0, 0.05) is 26.2 Å². The molecule has 19 heavy (non-hydrogen) atoms. The van der Waals surface area contributed by atoms with Crippen LogP contribution in [-0.2, 0) is 4.74 Å². The van der Waals surface area contributed by atoms with E-state index in [1.54, 1.807) is 0 Å². The molecule has 0 saturated carbocycles. The van der Waals surface area contributed by atoms with Crippen LogP contribution in [-0.4, -0.2) is 49.8 Å². The molecule has 0 aliphatic carbocycles. The second-order valence-corrected chi connectivity index (χ2v) is 6.72. The minimum absolute atomic E-state index is 0.0578. The molecular formula is C16H34N2O. The van der Waals surface area contributed by atoms with E-state index in [4.69, 9.17) is 4.74 Å². The minimum Gasteiger partial charge on any atom is -0.377 e. The Bertz CT molecular complexity index is 245. The molecule has 1 aliphatic rings. The summed E-state index contributed by atoms with van der Waals surface area (Å²) in [6.45, 7) is 13.6. The molecule has 0 aromatic heterocycles. The van der Waals surface area contributed by atoms with Crippen molar-refractivity contribution in [3.05, 3.63) is 0 Å². The zero-order chi connectivity index (χ0) is 14.3. The lowest BCUT2D eigenvalue weighted by molar-refractivity contribution is -0.0619. The van der Waals surface area contributed by atoms with Gasteiger partial charge in [-0.05, 0) is 45.2 Å². The molecule has 0 bridgehead atoms. The first-order chi connectivity index (χ1) is 9.00. The monoisotopic (exact) mass is 270 g/mol. The molecule has 114 valence electrons. The standard InChI is InChI=1S/C16H34N2O/c1-6-8-15(12-17-11-14(2)3)18-10-7-9-16(4,13-18)19-5/h14-15,17H,6-13H2,1-5H3. The van der Waals surface area contributed by atoms with Crippen molar-refractivity contribution in [3.63, 3.8) is 0 Å². The Hall–Kier alpha value is -0.120. The van der Waals surface area contributed by atoms with Gasteiger partial charge in [-0.2, -0.15) is 0 Å². The van der Waals surface area contributed by atoms with Crippen LogP contribution in [0.25, 0.3) is 0 Å². The van der Waals surface area contributed by atoms with Crippen molar-refractivity contribution in [2.45, 2.75) is 65.0 Å². The van der Waals surface area contributed by atoms with Crippen molar-refractivity contribution in [2.75, 3.05) is 33.3 Å². The largest absolute Gasteiger partial charge is 0.377 e. The van der Waals surface area contributed by atoms with Gasteiger partial charge >= 0.3 is 0 Å². The highest BCUT2D eigenvalue weighted by molar-refractivity contribution is 4.88. The number of methoxy groups -OCH3 is 1. The molecule has 0 radical (unpaired) electrons. The quantitative estimate of drug-likeness (QED) is 0.734. The van der Waals surface area contributed by atoms with Crippen LogP contribution in [0.15, 0.2) is 0 Å². The minimum atomic E-state index is 0.0578. The lowest BCUT2D eigenvalue weighted by Gasteiger charge is -2.43. The van der Waals surface area contributed by atoms with Crippen LogP contribution in [0.5, 0.6) is 0 Å². The number of ether oxygens (including phenoxy) is 1. The summed E-state index contributed by atoms with van der Waals surface area (Å²) in [6, 6.07) is 0.665. The predicted molar refractivity (Wildman–Crippen MR) is 82.6 cm³/mol. The zero-order valence-corrected chi connectivity index (χ0v) is 13.7. The summed E-state index contributed by atoms with van der Waals surface area (Å²) in [7, 11) is 1.86. The molecule has 1 N–H and O–H groups in total. The SMILES string of the molecule is CCCC(CNCC(C)C)N1CCCC(C)(OC)C1. The maximum atomic E-state index is 5.72. The van der Waals surface area contributed by atoms with Crippen molar-refractivity contribution in [3.8, 4) is 0 Å². The van der Waals surface area contributed by atoms with Crippen LogP contribution >= 0.6 is 0 Å². The summed E-state index contributed by atoms with van der Waals surface area (Å²) in [5, 5.41) is 3.63. The fourth-order valence-corrected chi connectivity index (χ4v) is 3.01. The van der Waals surface area contributed by atoms with E-state index in [0.29, 0.717) is 6.04 Å². The first-order valence-corrected chi connectivity index (χ1v) is 8.00. The summed E-state index contributed by atoms with van der Waals surface area (Å²) in [6.07, 6.45) is 4.99. The van der Waals surface area contributed by atoms with Gasteiger partial charge in [-0.15, -0.1) is 0 Å². The number of rotatable bonds is 8. The van der Waals surface area contributed by atoms with E-state index in [1.165, 1.54) is 32.2 Å². The molecule has 1 heterocycles. The first kappa shape index (κ1) is 16.9. The van der Waals surface area contributed by atoms with E-state index >= 15 is 0 Å². The predicted octanol–water partition coefficient (Wildman–Crippen LogP) is 2.90. The summed E-state index contributed by atoms with van der Waals surface area (Å²) < 4.78 is 5.72. The van der Waals surface area contributed by atoms with Crippen LogP contribution in [0.2, 0.25) is 0 Å². The third-order valence-electron chi connectivity index (χ3n) is 4.25. The zero-order valence-electron chi connectivity index (χ0n) is 13.7. The Labute approximate surface area is 120 Å². The van der Waals surface area contributed by atoms with Gasteiger partial charge in [0.25, 0.3) is 0 Å². The highest BCUT2D eigenvalue weighted by atomic mass is 16.5. The van der Waals surface area contributed by atoms with E-state index in [1.807, 2.05) is 7.11 Å². The van der Waals surface area contributed by atoms with Crippen LogP contribution in [0.1, 0.15) is 53.4 Å². The van der Waals surface area contributed by atoms with E-state index in [-0.39, 0.29) is 5.60 Å². The van der Waals surface area contributed by atoms with Gasteiger partial charge in [0.05, 0.1) is 5.60 Å². The van der Waals surface area contributed by atoms with E-state index in [9.17, 15) is 0 Å². The Kier molecular flexibility index (Phi) is 7.33. The number of piperidine rings is 1. The molecule has 1 fully saturated rings. The fraction of sp³-hybridized carbons (Fsp3) is 1.00. The number of hydrogen-bond acceptors (Lipinski definition) is 3. The number of hydrogen-bond donors (Lipinski definition) is 1. The summed E-state index contributed by atoms with van der Waals surface area (Å²) in [5.41, 5.74) is 0.0578. The van der Waals surface area contributed by atoms with E-state index in [0.717, 1.165) is 25.6 Å². The average Bonchev–Trinajstić information content (AvgIpc) is 2.37. The summed E-state index contributed by atoms with van der Waals surface area (Å²) in [4.78, 5) is 2.64. The maximum absolute atomic E-state index is 5.72. The van der Waals surface area contributed by atoms with Crippen LogP contribution in [0.4, 0.5) is 0 Å². The van der Waals surface area contributed by atoms with Crippen molar-refractivity contribution >= 4 is 0 Å². The molecule has 0 spiro atoms. The molecule has 0 aromatic carbocycles. The van der Waals surface area contributed by atoms with Gasteiger partial charge in [0.15, 0.2) is 0 Å². The van der Waals surface area contributed by atoms with Gasteiger partial charge in [-0.3, -0.25) is 4.90 Å². The Morgan fingerprint density at radius 1 is 1.32 bits per heavy atom. The third kappa shape index (κ3) is 5.80. The van der Waals surface area contributed by atoms with Gasteiger partial charge in [0.1, 0.15) is 0 Å². The maximum Gasteiger partial charge on any atom is 0.0777 e. The molecule has 0 aromatic rings. The number of nitrogens with zero attached hydrogens (tertiary/aromatic N) is 1. The highest BCUT2D eigenvalue weighted by Crippen LogP contribution is 2.26. The molecule has 0 amide bonds. The lowest BCUT2D eigenvalue weighted by Crippen LogP contribution is -2.53. The molecule has 3 nitrogen and oxygen atoms in total. The molecule has 1 rings (SSSR count). The van der Waals surface area contributed by atoms with Crippen molar-refractivity contribution < 1.29 is 4.74 Å². The second-order valence-electron chi connectivity index (χ2n) is 6.72. The van der Waals surface area contributed by atoms with Gasteiger partial charge in [-0.25, -0.2) is 0 Å². The van der Waals surface area contributed by atoms with Gasteiger partial charge in [-0.1, -0.05) is 27.2 Å². The van der Waals surface area contributed by atoms with Crippen LogP contribution in [0, 0.1) is 5.92 Å². The topological polar surface area (TPSA) is 24.5 Å². The Morgan fingerprint density at radius 3 is 2.63 bits per heavy atom. The molecule has 2 unspecified atom stereocenters. The Morgan fingerprint density at radius 2 is 2.05 bits per heavy atom. The molecular weight excluding hydrogens is 236 g/mol. The van der Waals surface area contributed by atoms with Gasteiger partial charge in [0.2, 0.25) is 0 Å². The fourth-order valence-electron chi connectivity index (χ4n) is 3.01. The third-order valence-corrected chi connectivity index (χ3v) is 4.25. The Balaban J connectivity index is 2.49. The smallest absolute Gasteiger partial charge is 0.0777 e. The van der Waals surface area contributed by atoms with E-state index < -0.39 is 0 Å². The second kappa shape index (κ2) is 8.23. The molecule has 1 aliphatic heterocycles. The van der Waals surface area contributed by atoms with Gasteiger partial charge < -0.3 is 10.1 Å².